The third kappa shape index (κ3) is 7.37. The summed E-state index contributed by atoms with van der Waals surface area (Å²) in [6.45, 7) is 0.376. The fraction of sp³-hybridized carbons (Fsp3) is 0.321. The first-order chi connectivity index (χ1) is 17.9. The van der Waals surface area contributed by atoms with E-state index in [2.05, 4.69) is 10.6 Å². The maximum atomic E-state index is 13.0. The molecular formula is C28H32AsN3O4S. The molecule has 1 heterocycles. The summed E-state index contributed by atoms with van der Waals surface area (Å²) < 4.78 is 0. The molecule has 0 spiro atoms. The molecule has 4 rings (SSSR count). The molecule has 0 bridgehead atoms. The van der Waals surface area contributed by atoms with E-state index in [1.807, 2.05) is 66.7 Å². The molecule has 0 saturated carbocycles. The van der Waals surface area contributed by atoms with Crippen LogP contribution in [0.2, 0.25) is 5.21 Å². The van der Waals surface area contributed by atoms with Gasteiger partial charge in [0, 0.05) is 17.1 Å². The van der Waals surface area contributed by atoms with Gasteiger partial charge in [0.1, 0.15) is 0 Å². The van der Waals surface area contributed by atoms with E-state index in [1.165, 1.54) is 16.9 Å². The number of thioether (sulfide) groups is 1. The zero-order valence-electron chi connectivity index (χ0n) is 20.6. The number of nitrogens with zero attached hydrogens (tertiary/aromatic N) is 1. The van der Waals surface area contributed by atoms with Gasteiger partial charge in [0.05, 0.1) is 0 Å². The molecule has 3 aromatic rings. The Hall–Kier alpha value is -2.80. The van der Waals surface area contributed by atoms with Crippen molar-refractivity contribution in [1.29, 1.82) is 0 Å². The second kappa shape index (κ2) is 13.1. The van der Waals surface area contributed by atoms with Gasteiger partial charge < -0.3 is 0 Å². The van der Waals surface area contributed by atoms with Crippen LogP contribution in [0.15, 0.2) is 71.6 Å². The number of rotatable bonds is 10. The first-order valence-corrected chi connectivity index (χ1v) is 15.1. The van der Waals surface area contributed by atoms with Gasteiger partial charge in [0.15, 0.2) is 0 Å². The van der Waals surface area contributed by atoms with Gasteiger partial charge in [-0.15, -0.1) is 11.8 Å². The van der Waals surface area contributed by atoms with Gasteiger partial charge >= 0.3 is 167 Å². The number of aliphatic hydroxyl groups excluding tert-OH is 1. The number of carbonyl (C=O) groups excluding carboxylic acids is 3. The SMILES string of the molecule is O=C(CCN1C(=O)CCSc2ccccc21)NC(Cc1ccc2ccccc2c1)C(=O)NCC(O)C[AsH2]. The molecule has 3 atom stereocenters. The van der Waals surface area contributed by atoms with Crippen molar-refractivity contribution < 1.29 is 19.5 Å². The summed E-state index contributed by atoms with van der Waals surface area (Å²) in [6, 6.07) is 20.9. The minimum atomic E-state index is -0.800. The number of anilines is 1. The van der Waals surface area contributed by atoms with E-state index in [0.717, 1.165) is 26.9 Å². The van der Waals surface area contributed by atoms with Crippen LogP contribution in [0.1, 0.15) is 18.4 Å². The summed E-state index contributed by atoms with van der Waals surface area (Å²) in [5.74, 6) is 0.0551. The number of carbonyl (C=O) groups is 3. The molecule has 3 unspecified atom stereocenters. The first kappa shape index (κ1) is 27.2. The molecule has 3 N–H and O–H groups in total. The van der Waals surface area contributed by atoms with Crippen LogP contribution in [0, 0.1) is 0 Å². The first-order valence-electron chi connectivity index (χ1n) is 12.4. The van der Waals surface area contributed by atoms with E-state index < -0.39 is 12.1 Å². The molecule has 37 heavy (non-hydrogen) atoms. The van der Waals surface area contributed by atoms with Crippen LogP contribution in [-0.2, 0) is 20.8 Å². The third-order valence-corrected chi connectivity index (χ3v) is 8.49. The summed E-state index contributed by atoms with van der Waals surface area (Å²) in [7, 11) is 0. The Morgan fingerprint density at radius 2 is 1.81 bits per heavy atom. The molecule has 1 aliphatic heterocycles. The zero-order chi connectivity index (χ0) is 26.2. The summed E-state index contributed by atoms with van der Waals surface area (Å²) >= 11 is 3.03. The molecule has 7 nitrogen and oxygen atoms in total. The number of benzene rings is 3. The topological polar surface area (TPSA) is 98.7 Å². The molecule has 9 heteroatoms. The fourth-order valence-electron chi connectivity index (χ4n) is 4.28. The van der Waals surface area contributed by atoms with Crippen molar-refractivity contribution >= 4 is 62.8 Å². The van der Waals surface area contributed by atoms with Crippen LogP contribution >= 0.6 is 11.8 Å². The van der Waals surface area contributed by atoms with Crippen LogP contribution in [0.3, 0.4) is 0 Å². The number of hydrogen-bond acceptors (Lipinski definition) is 5. The van der Waals surface area contributed by atoms with Gasteiger partial charge in [-0.25, -0.2) is 0 Å². The number of amides is 3. The molecule has 0 aromatic heterocycles. The van der Waals surface area contributed by atoms with Crippen LogP contribution in [0.4, 0.5) is 5.69 Å². The zero-order valence-corrected chi connectivity index (χ0v) is 23.8. The number of fused-ring (bicyclic) bond motifs is 2. The fourth-order valence-corrected chi connectivity index (χ4v) is 5.63. The van der Waals surface area contributed by atoms with Crippen molar-refractivity contribution in [3.63, 3.8) is 0 Å². The molecule has 0 aliphatic carbocycles. The van der Waals surface area contributed by atoms with Gasteiger partial charge in [-0.2, -0.15) is 0 Å². The normalized spacial score (nSPS) is 15.0. The molecule has 3 aromatic carbocycles. The summed E-state index contributed by atoms with van der Waals surface area (Å²) in [6.07, 6.45) is 0.186. The van der Waals surface area contributed by atoms with E-state index >= 15 is 0 Å². The number of para-hydroxylation sites is 1. The van der Waals surface area contributed by atoms with Gasteiger partial charge in [0.2, 0.25) is 0 Å². The quantitative estimate of drug-likeness (QED) is 0.320. The second-order valence-electron chi connectivity index (χ2n) is 9.00. The summed E-state index contributed by atoms with van der Waals surface area (Å²) in [4.78, 5) is 41.5. The van der Waals surface area contributed by atoms with Crippen molar-refractivity contribution in [3.8, 4) is 0 Å². The van der Waals surface area contributed by atoms with Gasteiger partial charge in [0.25, 0.3) is 0 Å². The maximum absolute atomic E-state index is 13.0. The van der Waals surface area contributed by atoms with E-state index in [-0.39, 0.29) is 37.2 Å². The van der Waals surface area contributed by atoms with E-state index in [1.54, 1.807) is 16.7 Å². The Morgan fingerprint density at radius 1 is 1.05 bits per heavy atom. The van der Waals surface area contributed by atoms with Crippen molar-refractivity contribution in [3.05, 3.63) is 72.3 Å². The van der Waals surface area contributed by atoms with E-state index in [9.17, 15) is 19.5 Å². The van der Waals surface area contributed by atoms with E-state index in [0.29, 0.717) is 23.8 Å². The van der Waals surface area contributed by atoms with Crippen molar-refractivity contribution in [2.45, 2.75) is 41.5 Å². The molecule has 3 amide bonds. The van der Waals surface area contributed by atoms with Crippen LogP contribution < -0.4 is 15.5 Å². The molecule has 0 saturated heterocycles. The Morgan fingerprint density at radius 3 is 2.62 bits per heavy atom. The second-order valence-corrected chi connectivity index (χ2v) is 11.1. The standard InChI is InChI=1S/C28H32AsN3O4S/c29-17-22(33)18-30-28(36)23(16-19-9-10-20-5-1-2-6-21(20)15-19)31-26(34)11-13-32-24-7-3-4-8-25(24)37-14-12-27(32)35/h1-10,15,22-23,33H,11-14,16-18,29H2,(H,30,36)(H,31,34). The molecule has 1 aliphatic rings. The predicted octanol–water partition coefficient (Wildman–Crippen LogP) is 2.31. The molecule has 0 radical (unpaired) electrons. The van der Waals surface area contributed by atoms with Crippen LogP contribution in [0.5, 0.6) is 0 Å². The van der Waals surface area contributed by atoms with Crippen LogP contribution in [0.25, 0.3) is 10.8 Å². The van der Waals surface area contributed by atoms with Crippen LogP contribution in [-0.4, -0.2) is 70.7 Å². The van der Waals surface area contributed by atoms with Gasteiger partial charge in [-0.1, -0.05) is 18.2 Å². The number of aliphatic hydroxyl groups is 1. The van der Waals surface area contributed by atoms with Crippen molar-refractivity contribution in [2.24, 2.45) is 0 Å². The average molecular weight is 582 g/mol. The summed E-state index contributed by atoms with van der Waals surface area (Å²) in [5.41, 5.74) is 1.75. The number of nitrogens with one attached hydrogen (secondary N) is 2. The molecular weight excluding hydrogens is 549 g/mol. The summed E-state index contributed by atoms with van der Waals surface area (Å²) in [5, 5.41) is 18.3. The Kier molecular flexibility index (Phi) is 9.67. The van der Waals surface area contributed by atoms with Crippen molar-refractivity contribution in [2.75, 3.05) is 23.7 Å². The molecule has 0 fully saturated rings. The average Bonchev–Trinajstić information content (AvgIpc) is 3.07. The number of hydrogen-bond donors (Lipinski definition) is 3. The predicted molar refractivity (Wildman–Crippen MR) is 151 cm³/mol. The Balaban J connectivity index is 1.45. The Bertz CT molecular complexity index is 1270. The minimum absolute atomic E-state index is 0.00847. The third-order valence-electron chi connectivity index (χ3n) is 6.28. The molecule has 194 valence electrons. The van der Waals surface area contributed by atoms with E-state index in [4.69, 9.17) is 0 Å². The van der Waals surface area contributed by atoms with Gasteiger partial charge in [-0.05, 0) is 12.1 Å². The van der Waals surface area contributed by atoms with Crippen molar-refractivity contribution in [1.82, 2.24) is 10.6 Å². The van der Waals surface area contributed by atoms with Gasteiger partial charge in [-0.3, -0.25) is 4.79 Å². The Labute approximate surface area is 229 Å². The monoisotopic (exact) mass is 581 g/mol.